The molecule has 132 valence electrons. The first-order valence-corrected chi connectivity index (χ1v) is 8.87. The lowest BCUT2D eigenvalue weighted by Gasteiger charge is -2.21. The molecule has 3 nitrogen and oxygen atoms in total. The first-order chi connectivity index (χ1) is 12.8. The number of amides is 1. The van der Waals surface area contributed by atoms with E-state index in [1.807, 2.05) is 91.9 Å². The van der Waals surface area contributed by atoms with E-state index >= 15 is 0 Å². The van der Waals surface area contributed by atoms with Gasteiger partial charge in [0.2, 0.25) is 0 Å². The Hall–Kier alpha value is -3.07. The molecule has 0 aliphatic carbocycles. The number of ether oxygens (including phenoxy) is 1. The fraction of sp³-hybridized carbons (Fsp3) is 0.174. The molecule has 0 saturated heterocycles. The summed E-state index contributed by atoms with van der Waals surface area (Å²) in [6, 6.07) is 27.9. The SMILES string of the molecule is CCN(Cc1ccccc1)C(=O)COc1ccccc1-c1ccccc1. The maximum Gasteiger partial charge on any atom is 0.260 e. The van der Waals surface area contributed by atoms with Gasteiger partial charge >= 0.3 is 0 Å². The van der Waals surface area contributed by atoms with Gasteiger partial charge in [0.05, 0.1) is 0 Å². The Balaban J connectivity index is 1.68. The molecule has 0 unspecified atom stereocenters. The lowest BCUT2D eigenvalue weighted by Crippen LogP contribution is -2.34. The number of nitrogens with zero attached hydrogens (tertiary/aromatic N) is 1. The summed E-state index contributed by atoms with van der Waals surface area (Å²) >= 11 is 0. The van der Waals surface area contributed by atoms with Gasteiger partial charge in [0.15, 0.2) is 6.61 Å². The quantitative estimate of drug-likeness (QED) is 0.617. The summed E-state index contributed by atoms with van der Waals surface area (Å²) in [5.41, 5.74) is 3.19. The zero-order valence-electron chi connectivity index (χ0n) is 15.0. The number of para-hydroxylation sites is 1. The van der Waals surface area contributed by atoms with Gasteiger partial charge in [-0.3, -0.25) is 4.79 Å². The van der Waals surface area contributed by atoms with Gasteiger partial charge in [-0.05, 0) is 24.1 Å². The van der Waals surface area contributed by atoms with E-state index in [9.17, 15) is 4.79 Å². The van der Waals surface area contributed by atoms with E-state index in [0.717, 1.165) is 22.4 Å². The summed E-state index contributed by atoms with van der Waals surface area (Å²) in [6.07, 6.45) is 0. The number of carbonyl (C=O) groups is 1. The lowest BCUT2D eigenvalue weighted by atomic mass is 10.1. The van der Waals surface area contributed by atoms with Gasteiger partial charge in [-0.2, -0.15) is 0 Å². The highest BCUT2D eigenvalue weighted by Gasteiger charge is 2.14. The molecular weight excluding hydrogens is 322 g/mol. The molecule has 0 bridgehead atoms. The predicted octanol–water partition coefficient (Wildman–Crippen LogP) is 4.78. The van der Waals surface area contributed by atoms with Gasteiger partial charge in [0.25, 0.3) is 5.91 Å². The van der Waals surface area contributed by atoms with Crippen LogP contribution in [0.15, 0.2) is 84.9 Å². The van der Waals surface area contributed by atoms with Crippen LogP contribution in [0.25, 0.3) is 11.1 Å². The summed E-state index contributed by atoms with van der Waals surface area (Å²) in [4.78, 5) is 14.4. The number of benzene rings is 3. The van der Waals surface area contributed by atoms with Gasteiger partial charge < -0.3 is 9.64 Å². The zero-order valence-corrected chi connectivity index (χ0v) is 15.0. The van der Waals surface area contributed by atoms with Gasteiger partial charge in [0.1, 0.15) is 5.75 Å². The third-order valence-corrected chi connectivity index (χ3v) is 4.27. The van der Waals surface area contributed by atoms with Crippen LogP contribution in [0.2, 0.25) is 0 Å². The van der Waals surface area contributed by atoms with Crippen LogP contribution in [0.5, 0.6) is 5.75 Å². The van der Waals surface area contributed by atoms with Crippen molar-refractivity contribution >= 4 is 5.91 Å². The fourth-order valence-electron chi connectivity index (χ4n) is 2.86. The summed E-state index contributed by atoms with van der Waals surface area (Å²) in [7, 11) is 0. The van der Waals surface area contributed by atoms with Crippen molar-refractivity contribution in [3.8, 4) is 16.9 Å². The number of hydrogen-bond donors (Lipinski definition) is 0. The molecular formula is C23H23NO2. The van der Waals surface area contributed by atoms with E-state index in [1.54, 1.807) is 4.90 Å². The van der Waals surface area contributed by atoms with Crippen LogP contribution in [0.1, 0.15) is 12.5 Å². The van der Waals surface area contributed by atoms with E-state index in [4.69, 9.17) is 4.74 Å². The summed E-state index contributed by atoms with van der Waals surface area (Å²) in [5.74, 6) is 0.710. The molecule has 0 aliphatic rings. The molecule has 0 radical (unpaired) electrons. The van der Waals surface area contributed by atoms with Crippen molar-refractivity contribution < 1.29 is 9.53 Å². The monoisotopic (exact) mass is 345 g/mol. The normalized spacial score (nSPS) is 10.3. The van der Waals surface area contributed by atoms with Crippen molar-refractivity contribution in [1.82, 2.24) is 4.90 Å². The van der Waals surface area contributed by atoms with Crippen molar-refractivity contribution in [2.75, 3.05) is 13.2 Å². The molecule has 0 saturated carbocycles. The fourth-order valence-corrected chi connectivity index (χ4v) is 2.86. The van der Waals surface area contributed by atoms with Crippen molar-refractivity contribution in [2.24, 2.45) is 0 Å². The molecule has 3 heteroatoms. The highest BCUT2D eigenvalue weighted by Crippen LogP contribution is 2.29. The van der Waals surface area contributed by atoms with Crippen LogP contribution < -0.4 is 4.74 Å². The third-order valence-electron chi connectivity index (χ3n) is 4.27. The molecule has 0 fully saturated rings. The number of rotatable bonds is 7. The van der Waals surface area contributed by atoms with Gasteiger partial charge in [-0.1, -0.05) is 78.9 Å². The molecule has 0 aromatic heterocycles. The molecule has 3 rings (SSSR count). The van der Waals surface area contributed by atoms with Gasteiger partial charge in [-0.25, -0.2) is 0 Å². The third kappa shape index (κ3) is 4.51. The van der Waals surface area contributed by atoms with Gasteiger partial charge in [-0.15, -0.1) is 0 Å². The highest BCUT2D eigenvalue weighted by molar-refractivity contribution is 5.78. The zero-order chi connectivity index (χ0) is 18.2. The second-order valence-corrected chi connectivity index (χ2v) is 6.04. The van der Waals surface area contributed by atoms with E-state index < -0.39 is 0 Å². The van der Waals surface area contributed by atoms with Crippen LogP contribution in [0, 0.1) is 0 Å². The predicted molar refractivity (Wildman–Crippen MR) is 105 cm³/mol. The van der Waals surface area contributed by atoms with Crippen LogP contribution in [-0.2, 0) is 11.3 Å². The Bertz CT molecular complexity index is 831. The Morgan fingerprint density at radius 1 is 0.846 bits per heavy atom. The molecule has 1 amide bonds. The number of likely N-dealkylation sites (N-methyl/N-ethyl adjacent to an activating group) is 1. The maximum absolute atomic E-state index is 12.6. The minimum atomic E-state index is -0.0146. The van der Waals surface area contributed by atoms with Crippen molar-refractivity contribution in [1.29, 1.82) is 0 Å². The van der Waals surface area contributed by atoms with E-state index in [-0.39, 0.29) is 12.5 Å². The topological polar surface area (TPSA) is 29.5 Å². The standard InChI is InChI=1S/C23H23NO2/c1-2-24(17-19-11-5-3-6-12-19)23(25)18-26-22-16-10-9-15-21(22)20-13-7-4-8-14-20/h3-16H,2,17-18H2,1H3. The Morgan fingerprint density at radius 3 is 2.15 bits per heavy atom. The molecule has 0 heterocycles. The molecule has 26 heavy (non-hydrogen) atoms. The second-order valence-electron chi connectivity index (χ2n) is 6.04. The van der Waals surface area contributed by atoms with Gasteiger partial charge in [0, 0.05) is 18.7 Å². The van der Waals surface area contributed by atoms with Crippen LogP contribution in [-0.4, -0.2) is 24.0 Å². The summed E-state index contributed by atoms with van der Waals surface area (Å²) < 4.78 is 5.88. The molecule has 0 aliphatic heterocycles. The Kier molecular flexibility index (Phi) is 6.05. The Morgan fingerprint density at radius 2 is 1.46 bits per heavy atom. The Labute approximate surface area is 154 Å². The van der Waals surface area contributed by atoms with Crippen molar-refractivity contribution in [2.45, 2.75) is 13.5 Å². The second kappa shape index (κ2) is 8.86. The average Bonchev–Trinajstić information content (AvgIpc) is 2.72. The first-order valence-electron chi connectivity index (χ1n) is 8.87. The summed E-state index contributed by atoms with van der Waals surface area (Å²) in [5, 5.41) is 0. The van der Waals surface area contributed by atoms with Crippen LogP contribution in [0.4, 0.5) is 0 Å². The number of carbonyl (C=O) groups excluding carboxylic acids is 1. The highest BCUT2D eigenvalue weighted by atomic mass is 16.5. The largest absolute Gasteiger partial charge is 0.483 e. The minimum absolute atomic E-state index is 0.0146. The smallest absolute Gasteiger partial charge is 0.260 e. The van der Waals surface area contributed by atoms with E-state index in [0.29, 0.717) is 13.1 Å². The number of hydrogen-bond acceptors (Lipinski definition) is 2. The van der Waals surface area contributed by atoms with E-state index in [2.05, 4.69) is 0 Å². The molecule has 0 atom stereocenters. The van der Waals surface area contributed by atoms with Crippen molar-refractivity contribution in [3.05, 3.63) is 90.5 Å². The molecule has 3 aromatic carbocycles. The maximum atomic E-state index is 12.6. The molecule has 0 N–H and O–H groups in total. The summed E-state index contributed by atoms with van der Waals surface area (Å²) in [6.45, 7) is 3.26. The lowest BCUT2D eigenvalue weighted by molar-refractivity contribution is -0.133. The molecule has 3 aromatic rings. The van der Waals surface area contributed by atoms with Crippen molar-refractivity contribution in [3.63, 3.8) is 0 Å². The average molecular weight is 345 g/mol. The minimum Gasteiger partial charge on any atom is -0.483 e. The first kappa shape index (κ1) is 17.7. The van der Waals surface area contributed by atoms with Crippen LogP contribution >= 0.6 is 0 Å². The van der Waals surface area contributed by atoms with Crippen LogP contribution in [0.3, 0.4) is 0 Å². The molecule has 0 spiro atoms. The van der Waals surface area contributed by atoms with E-state index in [1.165, 1.54) is 0 Å².